The lowest BCUT2D eigenvalue weighted by atomic mass is 9.76. The summed E-state index contributed by atoms with van der Waals surface area (Å²) in [5, 5.41) is 5.66. The summed E-state index contributed by atoms with van der Waals surface area (Å²) in [6.07, 6.45) is 6.60. The highest BCUT2D eigenvalue weighted by molar-refractivity contribution is 6.09. The Labute approximate surface area is 210 Å². The van der Waals surface area contributed by atoms with E-state index in [1.54, 1.807) is 0 Å². The molecule has 2 atom stereocenters. The minimum Gasteiger partial charge on any atom is -0.454 e. The summed E-state index contributed by atoms with van der Waals surface area (Å²) < 4.78 is 5.11. The maximum atomic E-state index is 13.3. The zero-order valence-electron chi connectivity index (χ0n) is 20.5. The lowest BCUT2D eigenvalue weighted by Crippen LogP contribution is -2.46. The van der Waals surface area contributed by atoms with Crippen LogP contribution in [0.3, 0.4) is 0 Å². The van der Waals surface area contributed by atoms with E-state index in [4.69, 9.17) is 4.74 Å². The lowest BCUT2D eigenvalue weighted by molar-refractivity contribution is -0.151. The van der Waals surface area contributed by atoms with Crippen LogP contribution >= 0.6 is 0 Å². The Bertz CT molecular complexity index is 1230. The van der Waals surface area contributed by atoms with Crippen LogP contribution in [-0.2, 0) is 43.9 Å². The maximum Gasteiger partial charge on any atom is 0.326 e. The van der Waals surface area contributed by atoms with Crippen LogP contribution in [0.1, 0.15) is 66.5 Å². The first-order chi connectivity index (χ1) is 17.4. The lowest BCUT2D eigenvalue weighted by Gasteiger charge is -2.33. The topological polar surface area (TPSA) is 105 Å². The van der Waals surface area contributed by atoms with Crippen LogP contribution in [0.15, 0.2) is 42.5 Å². The fraction of sp³-hybridized carbons (Fsp3) is 0.429. The summed E-state index contributed by atoms with van der Waals surface area (Å²) in [4.78, 5) is 51.7. The number of carbonyl (C=O) groups excluding carboxylic acids is 4. The molecule has 1 saturated heterocycles. The number of amides is 4. The third-order valence-corrected chi connectivity index (χ3v) is 7.55. The molecular formula is C28H31N3O5. The van der Waals surface area contributed by atoms with Crippen LogP contribution in [0, 0.1) is 0 Å². The standard InChI is InChI=1S/C28H31N3O5/c1-18(21-13-12-19-7-2-3-9-22(19)15-21)29-24(32)17-36-25(33)16-31-26(34)28(30-27(31)35)14-6-10-20-8-4-5-11-23(20)28/h4-5,8,11-13,15,18H,2-3,6-7,9-10,14,16-17H2,1H3,(H,29,32)(H,30,35). The zero-order chi connectivity index (χ0) is 25.3. The second-order valence-corrected chi connectivity index (χ2v) is 9.92. The van der Waals surface area contributed by atoms with Crippen molar-refractivity contribution < 1.29 is 23.9 Å². The van der Waals surface area contributed by atoms with Crippen molar-refractivity contribution in [3.05, 3.63) is 70.3 Å². The predicted octanol–water partition coefficient (Wildman–Crippen LogP) is 3.07. The number of nitrogens with one attached hydrogen (secondary N) is 2. The number of urea groups is 1. The van der Waals surface area contributed by atoms with Crippen molar-refractivity contribution in [3.8, 4) is 0 Å². The Morgan fingerprint density at radius 1 is 1.03 bits per heavy atom. The van der Waals surface area contributed by atoms with E-state index < -0.39 is 42.5 Å². The summed E-state index contributed by atoms with van der Waals surface area (Å²) in [6, 6.07) is 13.0. The molecule has 0 bridgehead atoms. The molecule has 4 amide bonds. The molecule has 5 rings (SSSR count). The molecule has 2 unspecified atom stereocenters. The van der Waals surface area contributed by atoms with Gasteiger partial charge in [0.05, 0.1) is 6.04 Å². The molecule has 2 N–H and O–H groups in total. The molecule has 1 aliphatic heterocycles. The SMILES string of the molecule is CC(NC(=O)COC(=O)CN1C(=O)NC2(CCCc3ccccc32)C1=O)c1ccc2c(c1)CCCC2. The molecule has 0 aromatic heterocycles. The third-order valence-electron chi connectivity index (χ3n) is 7.55. The van der Waals surface area contributed by atoms with Crippen molar-refractivity contribution in [2.75, 3.05) is 13.2 Å². The van der Waals surface area contributed by atoms with Gasteiger partial charge >= 0.3 is 12.0 Å². The van der Waals surface area contributed by atoms with Gasteiger partial charge in [-0.15, -0.1) is 0 Å². The molecule has 8 nitrogen and oxygen atoms in total. The van der Waals surface area contributed by atoms with Gasteiger partial charge in [0.1, 0.15) is 12.1 Å². The van der Waals surface area contributed by atoms with Gasteiger partial charge in [-0.25, -0.2) is 4.79 Å². The Morgan fingerprint density at radius 2 is 1.78 bits per heavy atom. The highest BCUT2D eigenvalue weighted by Gasteiger charge is 2.54. The number of aryl methyl sites for hydroxylation is 3. The van der Waals surface area contributed by atoms with Crippen LogP contribution in [0.2, 0.25) is 0 Å². The maximum absolute atomic E-state index is 13.3. The summed E-state index contributed by atoms with van der Waals surface area (Å²) in [5.74, 6) is -1.71. The first-order valence-corrected chi connectivity index (χ1v) is 12.7. The number of rotatable bonds is 6. The minimum atomic E-state index is -1.14. The first kappa shape index (κ1) is 24.0. The van der Waals surface area contributed by atoms with Crippen molar-refractivity contribution in [3.63, 3.8) is 0 Å². The molecule has 1 spiro atoms. The van der Waals surface area contributed by atoms with E-state index in [0.29, 0.717) is 6.42 Å². The van der Waals surface area contributed by atoms with E-state index in [0.717, 1.165) is 47.3 Å². The molecule has 2 aliphatic carbocycles. The second-order valence-electron chi connectivity index (χ2n) is 9.92. The van der Waals surface area contributed by atoms with E-state index in [1.165, 1.54) is 24.0 Å². The van der Waals surface area contributed by atoms with E-state index in [1.807, 2.05) is 37.3 Å². The summed E-state index contributed by atoms with van der Waals surface area (Å²) in [5.41, 5.74) is 4.36. The van der Waals surface area contributed by atoms with Crippen LogP contribution < -0.4 is 10.6 Å². The van der Waals surface area contributed by atoms with Crippen molar-refractivity contribution >= 4 is 23.8 Å². The summed E-state index contributed by atoms with van der Waals surface area (Å²) >= 11 is 0. The Kier molecular flexibility index (Phi) is 6.51. The number of esters is 1. The minimum absolute atomic E-state index is 0.236. The molecule has 1 fully saturated rings. The van der Waals surface area contributed by atoms with E-state index in [2.05, 4.69) is 22.8 Å². The van der Waals surface area contributed by atoms with E-state index in [-0.39, 0.29) is 6.04 Å². The first-order valence-electron chi connectivity index (χ1n) is 12.7. The van der Waals surface area contributed by atoms with Crippen molar-refractivity contribution in [2.45, 2.75) is 63.5 Å². The van der Waals surface area contributed by atoms with Crippen LogP contribution in [-0.4, -0.2) is 41.9 Å². The van der Waals surface area contributed by atoms with Crippen LogP contribution in [0.5, 0.6) is 0 Å². The molecule has 1 heterocycles. The zero-order valence-corrected chi connectivity index (χ0v) is 20.5. The third kappa shape index (κ3) is 4.47. The average Bonchev–Trinajstić information content (AvgIpc) is 3.12. The number of nitrogens with zero attached hydrogens (tertiary/aromatic N) is 1. The number of ether oxygens (including phenoxy) is 1. The smallest absolute Gasteiger partial charge is 0.326 e. The van der Waals surface area contributed by atoms with Gasteiger partial charge in [0.2, 0.25) is 0 Å². The number of fused-ring (bicyclic) bond motifs is 3. The second kappa shape index (κ2) is 9.76. The van der Waals surface area contributed by atoms with Gasteiger partial charge in [-0.1, -0.05) is 42.5 Å². The molecule has 0 radical (unpaired) electrons. The van der Waals surface area contributed by atoms with Gasteiger partial charge in [0, 0.05) is 0 Å². The summed E-state index contributed by atoms with van der Waals surface area (Å²) in [6.45, 7) is 0.868. The van der Waals surface area contributed by atoms with Gasteiger partial charge < -0.3 is 15.4 Å². The Hall–Kier alpha value is -3.68. The van der Waals surface area contributed by atoms with Gasteiger partial charge in [-0.2, -0.15) is 0 Å². The van der Waals surface area contributed by atoms with Gasteiger partial charge in [-0.05, 0) is 79.7 Å². The molecule has 188 valence electrons. The number of carbonyl (C=O) groups is 4. The van der Waals surface area contributed by atoms with E-state index >= 15 is 0 Å². The van der Waals surface area contributed by atoms with Crippen molar-refractivity contribution in [1.29, 1.82) is 0 Å². The molecule has 2 aromatic rings. The molecule has 3 aliphatic rings. The number of hydrogen-bond donors (Lipinski definition) is 2. The molecular weight excluding hydrogens is 458 g/mol. The average molecular weight is 490 g/mol. The molecule has 36 heavy (non-hydrogen) atoms. The van der Waals surface area contributed by atoms with Gasteiger partial charge in [0.15, 0.2) is 6.61 Å². The quantitative estimate of drug-likeness (QED) is 0.479. The van der Waals surface area contributed by atoms with Gasteiger partial charge in [0.25, 0.3) is 11.8 Å². The van der Waals surface area contributed by atoms with Crippen LogP contribution in [0.25, 0.3) is 0 Å². The number of benzene rings is 2. The predicted molar refractivity (Wildman–Crippen MR) is 132 cm³/mol. The highest BCUT2D eigenvalue weighted by Crippen LogP contribution is 2.39. The summed E-state index contributed by atoms with van der Waals surface area (Å²) in [7, 11) is 0. The fourth-order valence-corrected chi connectivity index (χ4v) is 5.66. The monoisotopic (exact) mass is 489 g/mol. The fourth-order valence-electron chi connectivity index (χ4n) is 5.66. The Morgan fingerprint density at radius 3 is 2.61 bits per heavy atom. The molecule has 8 heteroatoms. The largest absolute Gasteiger partial charge is 0.454 e. The molecule has 0 saturated carbocycles. The van der Waals surface area contributed by atoms with Crippen molar-refractivity contribution in [2.24, 2.45) is 0 Å². The van der Waals surface area contributed by atoms with Crippen LogP contribution in [0.4, 0.5) is 4.79 Å². The number of imide groups is 1. The molecule has 2 aromatic carbocycles. The van der Waals surface area contributed by atoms with E-state index in [9.17, 15) is 19.2 Å². The van der Waals surface area contributed by atoms with Gasteiger partial charge in [-0.3, -0.25) is 19.3 Å². The normalized spacial score (nSPS) is 21.4. The van der Waals surface area contributed by atoms with Crippen molar-refractivity contribution in [1.82, 2.24) is 15.5 Å². The highest BCUT2D eigenvalue weighted by atomic mass is 16.5. The number of hydrogen-bond acceptors (Lipinski definition) is 5. The Balaban J connectivity index is 1.16.